The Kier molecular flexibility index (Phi) is 9.00. The Hall–Kier alpha value is -4.65. The van der Waals surface area contributed by atoms with E-state index in [9.17, 15) is 19.5 Å². The number of methoxy groups -OCH3 is 1. The molecule has 0 saturated heterocycles. The van der Waals surface area contributed by atoms with Crippen molar-refractivity contribution < 1.29 is 28.6 Å². The van der Waals surface area contributed by atoms with Crippen molar-refractivity contribution in [2.24, 2.45) is 0 Å². The van der Waals surface area contributed by atoms with Crippen LogP contribution in [0.5, 0.6) is 11.5 Å². The Labute approximate surface area is 214 Å². The Balaban J connectivity index is 0.000000206. The minimum absolute atomic E-state index is 0.0264. The van der Waals surface area contributed by atoms with Gasteiger partial charge in [-0.15, -0.1) is 6.58 Å². The molecule has 0 bridgehead atoms. The molecule has 190 valence electrons. The van der Waals surface area contributed by atoms with E-state index >= 15 is 0 Å². The van der Waals surface area contributed by atoms with Crippen molar-refractivity contribution in [3.8, 4) is 11.5 Å². The second-order valence-corrected chi connectivity index (χ2v) is 8.37. The number of carbonyl (C=O) groups excluding carboxylic acids is 2. The first kappa shape index (κ1) is 26.9. The summed E-state index contributed by atoms with van der Waals surface area (Å²) in [4.78, 5) is 34.9. The van der Waals surface area contributed by atoms with E-state index in [2.05, 4.69) is 6.58 Å². The first-order valence-electron chi connectivity index (χ1n) is 11.5. The van der Waals surface area contributed by atoms with Crippen LogP contribution >= 0.6 is 0 Å². The van der Waals surface area contributed by atoms with Crippen molar-refractivity contribution in [2.75, 3.05) is 13.7 Å². The van der Waals surface area contributed by atoms with Crippen LogP contribution < -0.4 is 10.4 Å². The van der Waals surface area contributed by atoms with E-state index in [4.69, 9.17) is 13.9 Å². The Bertz CT molecular complexity index is 1450. The van der Waals surface area contributed by atoms with Crippen LogP contribution in [0.1, 0.15) is 25.3 Å². The third kappa shape index (κ3) is 6.95. The molecule has 1 unspecified atom stereocenters. The number of hydrogen-bond donors (Lipinski definition) is 1. The largest absolute Gasteiger partial charge is 0.504 e. The van der Waals surface area contributed by atoms with Crippen LogP contribution in [0.15, 0.2) is 112 Å². The predicted molar refractivity (Wildman–Crippen MR) is 142 cm³/mol. The van der Waals surface area contributed by atoms with Crippen LogP contribution in [-0.4, -0.2) is 30.4 Å². The molecule has 0 spiro atoms. The van der Waals surface area contributed by atoms with Crippen LogP contribution in [-0.2, 0) is 14.3 Å². The summed E-state index contributed by atoms with van der Waals surface area (Å²) in [5.41, 5.74) is 2.45. The smallest absolute Gasteiger partial charge is 0.336 e. The van der Waals surface area contributed by atoms with Gasteiger partial charge in [0.25, 0.3) is 0 Å². The summed E-state index contributed by atoms with van der Waals surface area (Å²) in [6, 6.07) is 15.4. The highest BCUT2D eigenvalue weighted by atomic mass is 16.5. The molecule has 2 aromatic carbocycles. The summed E-state index contributed by atoms with van der Waals surface area (Å²) < 4.78 is 15.3. The second-order valence-electron chi connectivity index (χ2n) is 8.37. The summed E-state index contributed by atoms with van der Waals surface area (Å²) in [5, 5.41) is 10.4. The number of hydrogen-bond acceptors (Lipinski definition) is 7. The number of benzene rings is 2. The highest BCUT2D eigenvalue weighted by Crippen LogP contribution is 2.31. The van der Waals surface area contributed by atoms with Crippen molar-refractivity contribution >= 4 is 22.5 Å². The number of ketones is 2. The maximum Gasteiger partial charge on any atom is 0.336 e. The fourth-order valence-corrected chi connectivity index (χ4v) is 3.56. The minimum atomic E-state index is -0.427. The zero-order chi connectivity index (χ0) is 26.9. The van der Waals surface area contributed by atoms with Crippen LogP contribution in [0.3, 0.4) is 0 Å². The molecule has 0 aliphatic heterocycles. The third-order valence-corrected chi connectivity index (χ3v) is 5.46. The van der Waals surface area contributed by atoms with Gasteiger partial charge in [0.1, 0.15) is 12.2 Å². The summed E-state index contributed by atoms with van der Waals surface area (Å²) >= 11 is 0. The predicted octanol–water partition coefficient (Wildman–Crippen LogP) is 5.41. The van der Waals surface area contributed by atoms with Gasteiger partial charge in [-0.2, -0.15) is 0 Å². The maximum absolute atomic E-state index is 12.1. The molecule has 0 amide bonds. The molecule has 7 heteroatoms. The molecular weight excluding hydrogens is 472 g/mol. The van der Waals surface area contributed by atoms with Gasteiger partial charge in [-0.25, -0.2) is 4.79 Å². The Morgan fingerprint density at radius 2 is 1.76 bits per heavy atom. The number of phenolic OH excluding ortho intramolecular Hbond substituents is 1. The van der Waals surface area contributed by atoms with Crippen molar-refractivity contribution in [1.82, 2.24) is 0 Å². The van der Waals surface area contributed by atoms with Crippen molar-refractivity contribution in [3.63, 3.8) is 0 Å². The highest BCUT2D eigenvalue weighted by molar-refractivity contribution is 6.19. The lowest BCUT2D eigenvalue weighted by Crippen LogP contribution is -2.18. The quantitative estimate of drug-likeness (QED) is 0.263. The average Bonchev–Trinajstić information content (AvgIpc) is 2.87. The molecule has 0 radical (unpaired) electrons. The van der Waals surface area contributed by atoms with E-state index in [-0.39, 0.29) is 29.0 Å². The molecule has 1 atom stereocenters. The zero-order valence-corrected chi connectivity index (χ0v) is 20.9. The SMILES string of the molecule is C=CC(C1=CC(=O)C(OC)=CC1=O)c1ccccc1.CC(C)=CCOc1cc2oc(=O)ccc2cc1O. The number of carbonyl (C=O) groups is 2. The van der Waals surface area contributed by atoms with Gasteiger partial charge in [0, 0.05) is 35.1 Å². The minimum Gasteiger partial charge on any atom is -0.504 e. The summed E-state index contributed by atoms with van der Waals surface area (Å²) in [6.45, 7) is 8.04. The van der Waals surface area contributed by atoms with E-state index < -0.39 is 5.63 Å². The molecule has 1 aromatic heterocycles. The number of ether oxygens (including phenoxy) is 2. The molecule has 0 saturated carbocycles. The molecule has 37 heavy (non-hydrogen) atoms. The monoisotopic (exact) mass is 500 g/mol. The fourth-order valence-electron chi connectivity index (χ4n) is 3.56. The summed E-state index contributed by atoms with van der Waals surface area (Å²) in [6.07, 6.45) is 6.13. The number of rotatable bonds is 7. The fraction of sp³-hybridized carbons (Fsp3) is 0.167. The van der Waals surface area contributed by atoms with E-state index in [1.807, 2.05) is 50.3 Å². The van der Waals surface area contributed by atoms with E-state index in [0.29, 0.717) is 28.9 Å². The van der Waals surface area contributed by atoms with Gasteiger partial charge in [-0.1, -0.05) is 42.0 Å². The third-order valence-electron chi connectivity index (χ3n) is 5.46. The van der Waals surface area contributed by atoms with Gasteiger partial charge in [0.15, 0.2) is 23.0 Å². The molecule has 1 aliphatic rings. The first-order valence-corrected chi connectivity index (χ1v) is 11.5. The molecule has 1 N–H and O–H groups in total. The van der Waals surface area contributed by atoms with Crippen molar-refractivity contribution in [2.45, 2.75) is 19.8 Å². The maximum atomic E-state index is 12.1. The van der Waals surface area contributed by atoms with E-state index in [1.54, 1.807) is 12.1 Å². The lowest BCUT2D eigenvalue weighted by molar-refractivity contribution is -0.117. The summed E-state index contributed by atoms with van der Waals surface area (Å²) in [7, 11) is 1.37. The molecule has 0 fully saturated rings. The molecule has 7 nitrogen and oxygen atoms in total. The topological polar surface area (TPSA) is 103 Å². The van der Waals surface area contributed by atoms with Gasteiger partial charge >= 0.3 is 5.63 Å². The number of aromatic hydroxyl groups is 1. The molecule has 1 heterocycles. The first-order chi connectivity index (χ1) is 17.7. The Morgan fingerprint density at radius 1 is 1.03 bits per heavy atom. The van der Waals surface area contributed by atoms with Gasteiger partial charge in [-0.3, -0.25) is 9.59 Å². The van der Waals surface area contributed by atoms with Crippen LogP contribution in [0.2, 0.25) is 0 Å². The second kappa shape index (κ2) is 12.4. The van der Waals surface area contributed by atoms with Crippen LogP contribution in [0.4, 0.5) is 0 Å². The number of phenols is 1. The van der Waals surface area contributed by atoms with Gasteiger partial charge < -0.3 is 19.0 Å². The van der Waals surface area contributed by atoms with Crippen molar-refractivity contribution in [3.05, 3.63) is 118 Å². The average molecular weight is 501 g/mol. The van der Waals surface area contributed by atoms with Crippen molar-refractivity contribution in [1.29, 1.82) is 0 Å². The lowest BCUT2D eigenvalue weighted by Gasteiger charge is -2.18. The molecule has 3 aromatic rings. The normalized spacial score (nSPS) is 13.5. The lowest BCUT2D eigenvalue weighted by atomic mass is 9.85. The standard InChI is InChI=1S/C16H14O3.C14H14O4/c1-3-12(11-7-5-4-6-8-11)13-9-15(18)16(19-2)10-14(13)17;1-9(2)5-6-17-13-8-12-10(7-11(13)15)3-4-14(16)18-12/h3-10,12H,1H2,2H3;3-5,7-8,15H,6H2,1-2H3. The van der Waals surface area contributed by atoms with Gasteiger partial charge in [0.05, 0.1) is 7.11 Å². The number of fused-ring (bicyclic) bond motifs is 1. The molecular formula is C30H28O7. The zero-order valence-electron chi connectivity index (χ0n) is 20.9. The van der Waals surface area contributed by atoms with Crippen LogP contribution in [0.25, 0.3) is 11.0 Å². The highest BCUT2D eigenvalue weighted by Gasteiger charge is 2.26. The molecule has 1 aliphatic carbocycles. The van der Waals surface area contributed by atoms with E-state index in [0.717, 1.165) is 11.1 Å². The summed E-state index contributed by atoms with van der Waals surface area (Å²) in [5.74, 6) is -0.394. The van der Waals surface area contributed by atoms with Gasteiger partial charge in [-0.05, 0) is 43.7 Å². The van der Waals surface area contributed by atoms with Crippen LogP contribution in [0, 0.1) is 0 Å². The molecule has 4 rings (SSSR count). The van der Waals surface area contributed by atoms with E-state index in [1.165, 1.54) is 37.5 Å². The number of allylic oxidation sites excluding steroid dienone is 5. The van der Waals surface area contributed by atoms with Gasteiger partial charge in [0.2, 0.25) is 5.78 Å². The Morgan fingerprint density at radius 3 is 2.41 bits per heavy atom.